The highest BCUT2D eigenvalue weighted by Crippen LogP contribution is 2.28. The van der Waals surface area contributed by atoms with E-state index in [1.165, 1.54) is 0 Å². The first-order valence-corrected chi connectivity index (χ1v) is 7.47. The first-order valence-electron chi connectivity index (χ1n) is 7.47. The summed E-state index contributed by atoms with van der Waals surface area (Å²) in [5, 5.41) is 9.33. The Morgan fingerprint density at radius 3 is 2.65 bits per heavy atom. The van der Waals surface area contributed by atoms with E-state index in [4.69, 9.17) is 0 Å². The maximum absolute atomic E-state index is 11.8. The molecule has 1 saturated carbocycles. The molecule has 0 aromatic heterocycles. The van der Waals surface area contributed by atoms with Crippen molar-refractivity contribution in [2.75, 3.05) is 13.1 Å². The minimum Gasteiger partial charge on any atom is -0.356 e. The Morgan fingerprint density at radius 2 is 2.00 bits per heavy atom. The molecule has 0 radical (unpaired) electrons. The summed E-state index contributed by atoms with van der Waals surface area (Å²) in [5.41, 5.74) is 0. The summed E-state index contributed by atoms with van der Waals surface area (Å²) in [6.45, 7) is 3.77. The van der Waals surface area contributed by atoms with Crippen LogP contribution in [0.25, 0.3) is 0 Å². The quantitative estimate of drug-likeness (QED) is 0.640. The maximum atomic E-state index is 11.8. The minimum atomic E-state index is 0. The van der Waals surface area contributed by atoms with Crippen LogP contribution in [0.5, 0.6) is 0 Å². The number of rotatable bonds is 6. The van der Waals surface area contributed by atoms with Crippen LogP contribution in [-0.4, -0.2) is 37.0 Å². The first-order chi connectivity index (χ1) is 9.16. The summed E-state index contributed by atoms with van der Waals surface area (Å²) in [4.78, 5) is 23.2. The lowest BCUT2D eigenvalue weighted by Gasteiger charge is -2.30. The highest BCUT2D eigenvalue weighted by atomic mass is 35.5. The molecule has 2 fully saturated rings. The first kappa shape index (κ1) is 17.2. The molecular formula is C14H26ClN3O2. The van der Waals surface area contributed by atoms with Gasteiger partial charge in [-0.3, -0.25) is 9.59 Å². The van der Waals surface area contributed by atoms with Crippen LogP contribution >= 0.6 is 12.4 Å². The Labute approximate surface area is 127 Å². The molecule has 2 unspecified atom stereocenters. The van der Waals surface area contributed by atoms with Gasteiger partial charge >= 0.3 is 0 Å². The molecule has 2 aliphatic rings. The third-order valence-electron chi connectivity index (χ3n) is 3.94. The number of amides is 2. The van der Waals surface area contributed by atoms with Crippen LogP contribution in [0.3, 0.4) is 0 Å². The molecule has 6 heteroatoms. The molecular weight excluding hydrogens is 278 g/mol. The van der Waals surface area contributed by atoms with Crippen LogP contribution in [-0.2, 0) is 9.59 Å². The van der Waals surface area contributed by atoms with Crippen molar-refractivity contribution in [1.82, 2.24) is 16.0 Å². The molecule has 1 heterocycles. The molecule has 2 rings (SSSR count). The molecule has 20 heavy (non-hydrogen) atoms. The Hall–Kier alpha value is -0.810. The van der Waals surface area contributed by atoms with Gasteiger partial charge in [0.25, 0.3) is 0 Å². The Morgan fingerprint density at radius 1 is 1.25 bits per heavy atom. The van der Waals surface area contributed by atoms with Crippen LogP contribution in [0.4, 0.5) is 0 Å². The lowest BCUT2D eigenvalue weighted by atomic mass is 10.00. The molecule has 0 bridgehead atoms. The number of hydrogen-bond acceptors (Lipinski definition) is 3. The zero-order chi connectivity index (χ0) is 13.7. The van der Waals surface area contributed by atoms with Crippen LogP contribution in [0, 0.1) is 5.92 Å². The number of halogens is 1. The average molecular weight is 304 g/mol. The smallest absolute Gasteiger partial charge is 0.223 e. The van der Waals surface area contributed by atoms with Crippen molar-refractivity contribution in [2.45, 2.75) is 57.5 Å². The summed E-state index contributed by atoms with van der Waals surface area (Å²) < 4.78 is 0. The van der Waals surface area contributed by atoms with Gasteiger partial charge in [0.05, 0.1) is 0 Å². The van der Waals surface area contributed by atoms with Crippen molar-refractivity contribution in [3.05, 3.63) is 0 Å². The monoisotopic (exact) mass is 303 g/mol. The average Bonchev–Trinajstić information content (AvgIpc) is 3.21. The summed E-state index contributed by atoms with van der Waals surface area (Å²) in [5.74, 6) is 0.509. The molecule has 5 nitrogen and oxygen atoms in total. The fourth-order valence-corrected chi connectivity index (χ4v) is 2.47. The van der Waals surface area contributed by atoms with Gasteiger partial charge in [-0.2, -0.15) is 0 Å². The second-order valence-corrected chi connectivity index (χ2v) is 5.73. The van der Waals surface area contributed by atoms with E-state index in [0.29, 0.717) is 19.0 Å². The van der Waals surface area contributed by atoms with Gasteiger partial charge in [0.15, 0.2) is 0 Å². The minimum absolute atomic E-state index is 0. The molecule has 0 spiro atoms. The normalized spacial score (nSPS) is 25.4. The van der Waals surface area contributed by atoms with Crippen molar-refractivity contribution in [1.29, 1.82) is 0 Å². The predicted octanol–water partition coefficient (Wildman–Crippen LogP) is 0.971. The van der Waals surface area contributed by atoms with E-state index in [9.17, 15) is 9.59 Å². The van der Waals surface area contributed by atoms with Crippen molar-refractivity contribution in [2.24, 2.45) is 5.92 Å². The summed E-state index contributed by atoms with van der Waals surface area (Å²) in [7, 11) is 0. The Kier molecular flexibility index (Phi) is 7.30. The number of carbonyl (C=O) groups excluding carboxylic acids is 2. The number of piperidine rings is 1. The van der Waals surface area contributed by atoms with E-state index < -0.39 is 0 Å². The second-order valence-electron chi connectivity index (χ2n) is 5.73. The standard InChI is InChI=1S/C14H25N3O2.ClH/c1-10-12(4-2-8-15-10)17-13(18)5-3-9-16-14(19)11-6-7-11;/h10-12,15H,2-9H2,1H3,(H,16,19)(H,17,18);1H. The Balaban J connectivity index is 0.00000200. The van der Waals surface area contributed by atoms with Gasteiger partial charge in [0.1, 0.15) is 0 Å². The Bertz CT molecular complexity index is 334. The van der Waals surface area contributed by atoms with Crippen molar-refractivity contribution in [3.63, 3.8) is 0 Å². The molecule has 116 valence electrons. The molecule has 0 aromatic carbocycles. The van der Waals surface area contributed by atoms with E-state index >= 15 is 0 Å². The highest BCUT2D eigenvalue weighted by Gasteiger charge is 2.29. The topological polar surface area (TPSA) is 70.2 Å². The molecule has 2 atom stereocenters. The zero-order valence-corrected chi connectivity index (χ0v) is 12.9. The van der Waals surface area contributed by atoms with Gasteiger partial charge in [-0.15, -0.1) is 12.4 Å². The maximum Gasteiger partial charge on any atom is 0.223 e. The third kappa shape index (κ3) is 5.67. The lowest BCUT2D eigenvalue weighted by Crippen LogP contribution is -2.51. The van der Waals surface area contributed by atoms with Crippen molar-refractivity contribution in [3.8, 4) is 0 Å². The number of nitrogens with one attached hydrogen (secondary N) is 3. The van der Waals surface area contributed by atoms with Gasteiger partial charge in [-0.05, 0) is 45.6 Å². The third-order valence-corrected chi connectivity index (χ3v) is 3.94. The van der Waals surface area contributed by atoms with Crippen LogP contribution < -0.4 is 16.0 Å². The fraction of sp³-hybridized carbons (Fsp3) is 0.857. The van der Waals surface area contributed by atoms with Crippen LogP contribution in [0.15, 0.2) is 0 Å². The van der Waals surface area contributed by atoms with Gasteiger partial charge in [-0.25, -0.2) is 0 Å². The van der Waals surface area contributed by atoms with E-state index in [1.807, 2.05) is 0 Å². The molecule has 2 amide bonds. The molecule has 1 saturated heterocycles. The molecule has 3 N–H and O–H groups in total. The molecule has 1 aliphatic carbocycles. The van der Waals surface area contributed by atoms with E-state index in [1.54, 1.807) is 0 Å². The zero-order valence-electron chi connectivity index (χ0n) is 12.1. The van der Waals surface area contributed by atoms with Crippen molar-refractivity contribution < 1.29 is 9.59 Å². The summed E-state index contributed by atoms with van der Waals surface area (Å²) >= 11 is 0. The largest absolute Gasteiger partial charge is 0.356 e. The predicted molar refractivity (Wildman–Crippen MR) is 80.8 cm³/mol. The SMILES string of the molecule is CC1NCCCC1NC(=O)CCCNC(=O)C1CC1.Cl. The van der Waals surface area contributed by atoms with E-state index in [2.05, 4.69) is 22.9 Å². The van der Waals surface area contributed by atoms with Gasteiger partial charge < -0.3 is 16.0 Å². The summed E-state index contributed by atoms with van der Waals surface area (Å²) in [6.07, 6.45) is 5.44. The van der Waals surface area contributed by atoms with Crippen molar-refractivity contribution >= 4 is 24.2 Å². The number of hydrogen-bond donors (Lipinski definition) is 3. The van der Waals surface area contributed by atoms with Gasteiger partial charge in [0.2, 0.25) is 11.8 Å². The highest BCUT2D eigenvalue weighted by molar-refractivity contribution is 5.85. The molecule has 1 aliphatic heterocycles. The number of carbonyl (C=O) groups is 2. The van der Waals surface area contributed by atoms with Gasteiger partial charge in [-0.1, -0.05) is 0 Å². The van der Waals surface area contributed by atoms with Gasteiger partial charge in [0, 0.05) is 31.0 Å². The summed E-state index contributed by atoms with van der Waals surface area (Å²) in [6, 6.07) is 0.606. The van der Waals surface area contributed by atoms with Crippen LogP contribution in [0.1, 0.15) is 45.4 Å². The lowest BCUT2D eigenvalue weighted by molar-refractivity contribution is -0.124. The molecule has 0 aromatic rings. The van der Waals surface area contributed by atoms with Crippen LogP contribution in [0.2, 0.25) is 0 Å². The second kappa shape index (κ2) is 8.47. The van der Waals surface area contributed by atoms with E-state index in [0.717, 1.165) is 38.6 Å². The fourth-order valence-electron chi connectivity index (χ4n) is 2.47. The van der Waals surface area contributed by atoms with E-state index in [-0.39, 0.29) is 36.2 Å².